The highest BCUT2D eigenvalue weighted by Gasteiger charge is 2.05. The molecule has 0 unspecified atom stereocenters. The second-order valence-corrected chi connectivity index (χ2v) is 3.27. The zero-order chi connectivity index (χ0) is 9.14. The standard InChI is InChI=1S/C9H6FIO/c1-3-6-4-9(12-2)8(11)5-7(6)10/h1,4-5H,2H3. The first-order valence-corrected chi connectivity index (χ1v) is 4.26. The summed E-state index contributed by atoms with van der Waals surface area (Å²) >= 11 is 1.99. The van der Waals surface area contributed by atoms with Crippen molar-refractivity contribution in [2.45, 2.75) is 0 Å². The van der Waals surface area contributed by atoms with E-state index in [9.17, 15) is 4.39 Å². The molecule has 3 heteroatoms. The molecular formula is C9H6FIO. The van der Waals surface area contributed by atoms with Crippen LogP contribution in [-0.2, 0) is 0 Å². The summed E-state index contributed by atoms with van der Waals surface area (Å²) in [6.07, 6.45) is 5.08. The molecule has 0 saturated heterocycles. The highest BCUT2D eigenvalue weighted by molar-refractivity contribution is 14.1. The smallest absolute Gasteiger partial charge is 0.140 e. The number of terminal acetylenes is 1. The molecule has 0 fully saturated rings. The van der Waals surface area contributed by atoms with Crippen LogP contribution in [0.5, 0.6) is 5.75 Å². The fourth-order valence-corrected chi connectivity index (χ4v) is 1.45. The number of hydrogen-bond donors (Lipinski definition) is 0. The quantitative estimate of drug-likeness (QED) is 0.565. The van der Waals surface area contributed by atoms with Crippen molar-refractivity contribution in [3.05, 3.63) is 27.1 Å². The van der Waals surface area contributed by atoms with Crippen LogP contribution in [0.4, 0.5) is 4.39 Å². The Hall–Kier alpha value is -0.760. The Morgan fingerprint density at radius 2 is 2.25 bits per heavy atom. The zero-order valence-corrected chi connectivity index (χ0v) is 8.55. The van der Waals surface area contributed by atoms with E-state index in [4.69, 9.17) is 11.2 Å². The van der Waals surface area contributed by atoms with Crippen molar-refractivity contribution in [1.29, 1.82) is 0 Å². The van der Waals surface area contributed by atoms with Crippen LogP contribution in [0.2, 0.25) is 0 Å². The van der Waals surface area contributed by atoms with Crippen molar-refractivity contribution >= 4 is 22.6 Å². The summed E-state index contributed by atoms with van der Waals surface area (Å²) in [5.41, 5.74) is 0.229. The molecule has 1 nitrogen and oxygen atoms in total. The van der Waals surface area contributed by atoms with Crippen LogP contribution < -0.4 is 4.74 Å². The molecule has 0 aromatic heterocycles. The first-order chi connectivity index (χ1) is 5.69. The lowest BCUT2D eigenvalue weighted by atomic mass is 10.2. The van der Waals surface area contributed by atoms with Gasteiger partial charge in [-0.2, -0.15) is 0 Å². The Morgan fingerprint density at radius 3 is 2.75 bits per heavy atom. The minimum atomic E-state index is -0.386. The lowest BCUT2D eigenvalue weighted by Crippen LogP contribution is -1.91. The molecule has 0 aliphatic heterocycles. The zero-order valence-electron chi connectivity index (χ0n) is 6.40. The summed E-state index contributed by atoms with van der Waals surface area (Å²) in [4.78, 5) is 0. The molecule has 0 radical (unpaired) electrons. The molecule has 0 heterocycles. The van der Waals surface area contributed by atoms with Gasteiger partial charge in [-0.1, -0.05) is 5.92 Å². The molecule has 12 heavy (non-hydrogen) atoms. The number of hydrogen-bond acceptors (Lipinski definition) is 1. The van der Waals surface area contributed by atoms with E-state index in [-0.39, 0.29) is 11.4 Å². The molecule has 0 bridgehead atoms. The minimum absolute atomic E-state index is 0.229. The second-order valence-electron chi connectivity index (χ2n) is 2.11. The number of methoxy groups -OCH3 is 1. The molecule has 0 aliphatic carbocycles. The average molecular weight is 276 g/mol. The Kier molecular flexibility index (Phi) is 2.93. The predicted molar refractivity (Wildman–Crippen MR) is 53.6 cm³/mol. The normalized spacial score (nSPS) is 9.17. The summed E-state index contributed by atoms with van der Waals surface area (Å²) in [6, 6.07) is 2.87. The van der Waals surface area contributed by atoms with E-state index >= 15 is 0 Å². The van der Waals surface area contributed by atoms with Crippen LogP contribution >= 0.6 is 22.6 Å². The molecule has 0 atom stereocenters. The van der Waals surface area contributed by atoms with Gasteiger partial charge < -0.3 is 4.74 Å². The Labute approximate surface area is 84.1 Å². The van der Waals surface area contributed by atoms with E-state index in [2.05, 4.69) is 5.92 Å². The molecule has 1 rings (SSSR count). The number of benzene rings is 1. The summed E-state index contributed by atoms with van der Waals surface area (Å²) in [5, 5.41) is 0. The van der Waals surface area contributed by atoms with Crippen molar-refractivity contribution in [3.63, 3.8) is 0 Å². The van der Waals surface area contributed by atoms with Gasteiger partial charge in [-0.05, 0) is 34.7 Å². The maximum Gasteiger partial charge on any atom is 0.140 e. The van der Waals surface area contributed by atoms with Crippen molar-refractivity contribution in [2.24, 2.45) is 0 Å². The maximum atomic E-state index is 13.0. The molecule has 0 spiro atoms. The fourth-order valence-electron chi connectivity index (χ4n) is 0.796. The van der Waals surface area contributed by atoms with Crippen LogP contribution in [0.1, 0.15) is 5.56 Å². The maximum absolute atomic E-state index is 13.0. The summed E-state index contributed by atoms with van der Waals surface area (Å²) < 4.78 is 18.7. The minimum Gasteiger partial charge on any atom is -0.496 e. The second kappa shape index (κ2) is 3.76. The van der Waals surface area contributed by atoms with E-state index in [1.165, 1.54) is 19.2 Å². The van der Waals surface area contributed by atoms with E-state index in [1.807, 2.05) is 22.6 Å². The van der Waals surface area contributed by atoms with Crippen LogP contribution in [-0.4, -0.2) is 7.11 Å². The number of halogens is 2. The predicted octanol–water partition coefficient (Wildman–Crippen LogP) is 2.42. The topological polar surface area (TPSA) is 9.23 Å². The largest absolute Gasteiger partial charge is 0.496 e. The lowest BCUT2D eigenvalue weighted by molar-refractivity contribution is 0.410. The SMILES string of the molecule is C#Cc1cc(OC)c(I)cc1F. The third kappa shape index (κ3) is 1.69. The van der Waals surface area contributed by atoms with Gasteiger partial charge in [0, 0.05) is 0 Å². The van der Waals surface area contributed by atoms with E-state index in [0.717, 1.165) is 0 Å². The van der Waals surface area contributed by atoms with Crippen molar-refractivity contribution < 1.29 is 9.13 Å². The van der Waals surface area contributed by atoms with Crippen LogP contribution in [0.25, 0.3) is 0 Å². The van der Waals surface area contributed by atoms with Gasteiger partial charge in [0.05, 0.1) is 16.2 Å². The molecule has 0 aliphatic rings. The Bertz CT molecular complexity index is 341. The highest BCUT2D eigenvalue weighted by atomic mass is 127. The van der Waals surface area contributed by atoms with Crippen LogP contribution in [0.3, 0.4) is 0 Å². The molecule has 0 N–H and O–H groups in total. The van der Waals surface area contributed by atoms with E-state index < -0.39 is 0 Å². The van der Waals surface area contributed by atoms with Gasteiger partial charge in [0.1, 0.15) is 11.6 Å². The molecule has 0 saturated carbocycles. The average Bonchev–Trinajstić information content (AvgIpc) is 2.05. The monoisotopic (exact) mass is 276 g/mol. The third-order valence-electron chi connectivity index (χ3n) is 1.40. The molecular weight excluding hydrogens is 270 g/mol. The number of rotatable bonds is 1. The van der Waals surface area contributed by atoms with Crippen LogP contribution in [0.15, 0.2) is 12.1 Å². The summed E-state index contributed by atoms with van der Waals surface area (Å²) in [7, 11) is 1.52. The third-order valence-corrected chi connectivity index (χ3v) is 2.24. The highest BCUT2D eigenvalue weighted by Crippen LogP contribution is 2.23. The number of ether oxygens (including phenoxy) is 1. The van der Waals surface area contributed by atoms with E-state index in [0.29, 0.717) is 9.32 Å². The molecule has 0 amide bonds. The first kappa shape index (κ1) is 9.33. The van der Waals surface area contributed by atoms with Gasteiger partial charge >= 0.3 is 0 Å². The molecule has 62 valence electrons. The Balaban J connectivity index is 3.30. The van der Waals surface area contributed by atoms with Crippen molar-refractivity contribution in [2.75, 3.05) is 7.11 Å². The van der Waals surface area contributed by atoms with Crippen molar-refractivity contribution in [1.82, 2.24) is 0 Å². The van der Waals surface area contributed by atoms with Gasteiger partial charge in [0.15, 0.2) is 0 Å². The van der Waals surface area contributed by atoms with Gasteiger partial charge in [-0.25, -0.2) is 4.39 Å². The van der Waals surface area contributed by atoms with Gasteiger partial charge in [0.25, 0.3) is 0 Å². The van der Waals surface area contributed by atoms with Gasteiger partial charge in [0.2, 0.25) is 0 Å². The summed E-state index contributed by atoms with van der Waals surface area (Å²) in [6.45, 7) is 0. The van der Waals surface area contributed by atoms with Gasteiger partial charge in [-0.3, -0.25) is 0 Å². The van der Waals surface area contributed by atoms with E-state index in [1.54, 1.807) is 0 Å². The summed E-state index contributed by atoms with van der Waals surface area (Å²) in [5.74, 6) is 2.45. The van der Waals surface area contributed by atoms with Crippen LogP contribution in [0, 0.1) is 21.7 Å². The first-order valence-electron chi connectivity index (χ1n) is 3.18. The molecule has 1 aromatic carbocycles. The Morgan fingerprint density at radius 1 is 1.58 bits per heavy atom. The molecule has 1 aromatic rings. The fraction of sp³-hybridized carbons (Fsp3) is 0.111. The van der Waals surface area contributed by atoms with Crippen molar-refractivity contribution in [3.8, 4) is 18.1 Å². The van der Waals surface area contributed by atoms with Gasteiger partial charge in [-0.15, -0.1) is 6.42 Å². The lowest BCUT2D eigenvalue weighted by Gasteiger charge is -2.03.